The monoisotopic (exact) mass is 1020 g/mol. The van der Waals surface area contributed by atoms with E-state index in [9.17, 15) is 0 Å². The van der Waals surface area contributed by atoms with Crippen LogP contribution in [0.3, 0.4) is 0 Å². The Morgan fingerprint density at radius 2 is 0.570 bits per heavy atom. The molecule has 14 rings (SSSR count). The molecule has 3 heterocycles. The van der Waals surface area contributed by atoms with Gasteiger partial charge in [-0.15, -0.1) is 0 Å². The van der Waals surface area contributed by atoms with E-state index in [4.69, 9.17) is 0 Å². The highest BCUT2D eigenvalue weighted by Gasteiger charge is 2.50. The van der Waals surface area contributed by atoms with Crippen LogP contribution in [0.25, 0.3) is 10.8 Å². The zero-order valence-electron chi connectivity index (χ0n) is 44.6. The molecule has 0 radical (unpaired) electrons. The minimum absolute atomic E-state index is 0.0525. The fourth-order valence-electron chi connectivity index (χ4n) is 13.8. The predicted molar refractivity (Wildman–Crippen MR) is 323 cm³/mol. The predicted octanol–water partition coefficient (Wildman–Crippen LogP) is 18.2. The molecule has 11 aromatic rings. The molecular formula is C74H57N3O2. The molecule has 3 aliphatic rings. The molecule has 11 aromatic carbocycles. The van der Waals surface area contributed by atoms with Crippen molar-refractivity contribution in [3.8, 4) is 0 Å². The molecule has 0 N–H and O–H groups in total. The van der Waals surface area contributed by atoms with Gasteiger partial charge in [0, 0.05) is 21.9 Å². The lowest BCUT2D eigenvalue weighted by atomic mass is 9.62. The highest BCUT2D eigenvalue weighted by atomic mass is 16.2. The number of carbonyl (C=O) groups is 2. The molecule has 0 atom stereocenters. The van der Waals surface area contributed by atoms with Gasteiger partial charge in [-0.1, -0.05) is 240 Å². The highest BCUT2D eigenvalue weighted by molar-refractivity contribution is 6.38. The molecule has 380 valence electrons. The third-order valence-electron chi connectivity index (χ3n) is 17.1. The van der Waals surface area contributed by atoms with Gasteiger partial charge in [-0.3, -0.25) is 9.59 Å². The molecule has 5 heteroatoms. The summed E-state index contributed by atoms with van der Waals surface area (Å²) in [6.45, 7) is 8.52. The molecule has 0 aliphatic carbocycles. The standard InChI is InChI=1S/C74H57N3O2/c1-48(2)54-34-25-35-55(49(3)4)70(54)77-71(78)56-44-46-66(75-62-40-21-17-36-58(62)73(50-26-9-5-10-27-50,51-28-11-6-12-29-51)59-37-18-22-41-63(59)75)69-67(47-45-57(68(56)69)72(77)79)76-64-42-23-19-38-60(64)74(52-30-13-7-14-31-52,53-32-15-8-16-33-53)61-39-20-24-43-65(61)76/h5-49H,1-4H3. The van der Waals surface area contributed by atoms with Crippen LogP contribution >= 0.6 is 0 Å². The Morgan fingerprint density at radius 1 is 0.278 bits per heavy atom. The lowest BCUT2D eigenvalue weighted by Crippen LogP contribution is -2.42. The number of imide groups is 1. The van der Waals surface area contributed by atoms with E-state index in [1.165, 1.54) is 4.90 Å². The van der Waals surface area contributed by atoms with Crippen molar-refractivity contribution in [2.24, 2.45) is 0 Å². The van der Waals surface area contributed by atoms with Crippen LogP contribution in [-0.2, 0) is 10.8 Å². The average molecular weight is 1020 g/mol. The molecule has 3 aliphatic heterocycles. The summed E-state index contributed by atoms with van der Waals surface area (Å²) in [6.07, 6.45) is 0. The van der Waals surface area contributed by atoms with Crippen molar-refractivity contribution in [1.29, 1.82) is 0 Å². The lowest BCUT2D eigenvalue weighted by Gasteiger charge is -2.48. The molecule has 0 saturated heterocycles. The number of hydrogen-bond donors (Lipinski definition) is 0. The van der Waals surface area contributed by atoms with E-state index < -0.39 is 10.8 Å². The lowest BCUT2D eigenvalue weighted by molar-refractivity contribution is 0.0893. The second-order valence-corrected chi connectivity index (χ2v) is 21.8. The second kappa shape index (κ2) is 18.6. The van der Waals surface area contributed by atoms with Gasteiger partial charge in [-0.05, 0) is 116 Å². The van der Waals surface area contributed by atoms with E-state index in [2.05, 4.69) is 286 Å². The van der Waals surface area contributed by atoms with Crippen molar-refractivity contribution in [2.75, 3.05) is 14.7 Å². The SMILES string of the molecule is CC(C)c1cccc(C(C)C)c1N1C(=O)c2ccc(N3c4ccccc4C(c4ccccc4)(c4ccccc4)c4ccccc43)c3c(N4c5ccccc5C(c5ccccc5)(c5ccccc5)c5ccccc54)ccc(c23)C1=O. The largest absolute Gasteiger partial charge is 0.309 e. The minimum Gasteiger partial charge on any atom is -0.309 e. The molecule has 0 spiro atoms. The van der Waals surface area contributed by atoms with Crippen LogP contribution < -0.4 is 14.7 Å². The van der Waals surface area contributed by atoms with Crippen molar-refractivity contribution in [2.45, 2.75) is 50.4 Å². The summed E-state index contributed by atoms with van der Waals surface area (Å²) in [7, 11) is 0. The van der Waals surface area contributed by atoms with Gasteiger partial charge in [-0.2, -0.15) is 0 Å². The number of anilines is 7. The molecule has 0 bridgehead atoms. The van der Waals surface area contributed by atoms with Crippen molar-refractivity contribution in [1.82, 2.24) is 0 Å². The van der Waals surface area contributed by atoms with Gasteiger partial charge in [0.15, 0.2) is 0 Å². The fourth-order valence-corrected chi connectivity index (χ4v) is 13.8. The molecule has 5 nitrogen and oxygen atoms in total. The van der Waals surface area contributed by atoms with Gasteiger partial charge in [0.25, 0.3) is 11.8 Å². The maximum atomic E-state index is 16.0. The van der Waals surface area contributed by atoms with Crippen molar-refractivity contribution < 1.29 is 9.59 Å². The van der Waals surface area contributed by atoms with Gasteiger partial charge in [0.05, 0.1) is 50.6 Å². The molecular weight excluding hydrogens is 963 g/mol. The number of rotatable bonds is 9. The zero-order valence-corrected chi connectivity index (χ0v) is 44.6. The third-order valence-corrected chi connectivity index (χ3v) is 17.1. The zero-order chi connectivity index (χ0) is 53.6. The minimum atomic E-state index is -0.714. The van der Waals surface area contributed by atoms with E-state index >= 15 is 9.59 Å². The molecule has 2 amide bonds. The normalized spacial score (nSPS) is 14.7. The van der Waals surface area contributed by atoms with E-state index in [1.54, 1.807) is 0 Å². The Balaban J connectivity index is 1.11. The Bertz CT molecular complexity index is 3770. The van der Waals surface area contributed by atoms with Crippen LogP contribution in [-0.4, -0.2) is 11.8 Å². The molecule has 0 aromatic heterocycles. The first kappa shape index (κ1) is 47.8. The van der Waals surface area contributed by atoms with E-state index in [-0.39, 0.29) is 23.7 Å². The number of fused-ring (bicyclic) bond motifs is 4. The van der Waals surface area contributed by atoms with Gasteiger partial charge in [-0.25, -0.2) is 4.90 Å². The topological polar surface area (TPSA) is 43.9 Å². The first-order valence-electron chi connectivity index (χ1n) is 27.6. The number of amides is 2. The van der Waals surface area contributed by atoms with Gasteiger partial charge in [0.2, 0.25) is 0 Å². The number of nitrogens with zero attached hydrogens (tertiary/aromatic N) is 3. The third kappa shape index (κ3) is 6.82. The molecule has 0 saturated carbocycles. The summed E-state index contributed by atoms with van der Waals surface area (Å²) in [5.74, 6) is -0.563. The first-order chi connectivity index (χ1) is 38.8. The van der Waals surface area contributed by atoms with E-state index in [1.807, 2.05) is 12.1 Å². The Morgan fingerprint density at radius 3 is 0.873 bits per heavy atom. The number of carbonyl (C=O) groups excluding carboxylic acids is 2. The average Bonchev–Trinajstić information content (AvgIpc) is 3.65. The van der Waals surface area contributed by atoms with E-state index in [0.717, 1.165) is 95.1 Å². The van der Waals surface area contributed by atoms with Crippen LogP contribution in [0.15, 0.2) is 261 Å². The Kier molecular flexibility index (Phi) is 11.2. The van der Waals surface area contributed by atoms with Crippen LogP contribution in [0.5, 0.6) is 0 Å². The van der Waals surface area contributed by atoms with E-state index in [0.29, 0.717) is 22.2 Å². The summed E-state index contributed by atoms with van der Waals surface area (Å²) in [5, 5.41) is 1.43. The van der Waals surface area contributed by atoms with Crippen molar-refractivity contribution in [3.63, 3.8) is 0 Å². The number of benzene rings is 11. The summed E-state index contributed by atoms with van der Waals surface area (Å²) in [4.78, 5) is 38.3. The quantitative estimate of drug-likeness (QED) is 0.135. The fraction of sp³-hybridized carbons (Fsp3) is 0.108. The van der Waals surface area contributed by atoms with Crippen LogP contribution in [0, 0.1) is 0 Å². The summed E-state index contributed by atoms with van der Waals surface area (Å²) in [5.41, 5.74) is 16.9. The van der Waals surface area contributed by atoms with Crippen LogP contribution in [0.4, 0.5) is 39.8 Å². The smallest absolute Gasteiger partial charge is 0.266 e. The first-order valence-corrected chi connectivity index (χ1v) is 27.6. The molecule has 0 unspecified atom stereocenters. The highest BCUT2D eigenvalue weighted by Crippen LogP contribution is 2.62. The summed E-state index contributed by atoms with van der Waals surface area (Å²) in [6, 6.07) is 92.9. The van der Waals surface area contributed by atoms with Crippen LogP contribution in [0.1, 0.15) is 116 Å². The molecule has 0 fully saturated rings. The number of para-hydroxylation sites is 5. The maximum absolute atomic E-state index is 16.0. The molecule has 79 heavy (non-hydrogen) atoms. The van der Waals surface area contributed by atoms with Gasteiger partial charge < -0.3 is 9.80 Å². The summed E-state index contributed by atoms with van der Waals surface area (Å²) >= 11 is 0. The Labute approximate surface area is 462 Å². The number of hydrogen-bond acceptors (Lipinski definition) is 4. The van der Waals surface area contributed by atoms with Crippen molar-refractivity contribution >= 4 is 62.4 Å². The Hall–Kier alpha value is -9.58. The van der Waals surface area contributed by atoms with Gasteiger partial charge in [0.1, 0.15) is 0 Å². The maximum Gasteiger partial charge on any atom is 0.266 e. The second-order valence-electron chi connectivity index (χ2n) is 21.8. The van der Waals surface area contributed by atoms with Crippen molar-refractivity contribution in [3.05, 3.63) is 328 Å². The van der Waals surface area contributed by atoms with Crippen LogP contribution in [0.2, 0.25) is 0 Å². The summed E-state index contributed by atoms with van der Waals surface area (Å²) < 4.78 is 0. The van der Waals surface area contributed by atoms with Gasteiger partial charge >= 0.3 is 0 Å².